The molecule has 0 aromatic carbocycles. The van der Waals surface area contributed by atoms with Gasteiger partial charge in [-0.1, -0.05) is 40.0 Å². The molecule has 3 N–H and O–H groups in total. The zero-order chi connectivity index (χ0) is 14.3. The molecule has 1 fully saturated rings. The van der Waals surface area contributed by atoms with E-state index in [0.717, 1.165) is 12.5 Å². The molecule has 1 unspecified atom stereocenters. The number of rotatable bonds is 7. The van der Waals surface area contributed by atoms with Crippen molar-refractivity contribution in [3.63, 3.8) is 0 Å². The van der Waals surface area contributed by atoms with Crippen LogP contribution in [0.3, 0.4) is 0 Å². The van der Waals surface area contributed by atoms with E-state index in [2.05, 4.69) is 25.7 Å². The van der Waals surface area contributed by atoms with E-state index in [1.165, 1.54) is 58.0 Å². The van der Waals surface area contributed by atoms with E-state index >= 15 is 0 Å². The second-order valence-corrected chi connectivity index (χ2v) is 6.70. The number of hydrogen-bond acceptors (Lipinski definition) is 2. The smallest absolute Gasteiger partial charge is 0.0963 e. The average molecular weight is 267 g/mol. The number of hydrogen-bond donors (Lipinski definition) is 2. The van der Waals surface area contributed by atoms with Gasteiger partial charge in [0.15, 0.2) is 0 Å². The van der Waals surface area contributed by atoms with Gasteiger partial charge in [0.25, 0.3) is 0 Å². The Kier molecular flexibility index (Phi) is 6.84. The van der Waals surface area contributed by atoms with E-state index in [4.69, 9.17) is 11.1 Å². The van der Waals surface area contributed by atoms with Crippen molar-refractivity contribution >= 4 is 5.84 Å². The van der Waals surface area contributed by atoms with Crippen molar-refractivity contribution in [1.29, 1.82) is 5.41 Å². The lowest BCUT2D eigenvalue weighted by atomic mass is 9.86. The summed E-state index contributed by atoms with van der Waals surface area (Å²) in [6, 6.07) is 0.809. The molecule has 0 aliphatic carbocycles. The number of nitrogens with two attached hydrogens (primary N) is 1. The van der Waals surface area contributed by atoms with Crippen LogP contribution < -0.4 is 5.73 Å². The van der Waals surface area contributed by atoms with E-state index in [0.29, 0.717) is 5.84 Å². The maximum Gasteiger partial charge on any atom is 0.0963 e. The zero-order valence-electron chi connectivity index (χ0n) is 13.2. The van der Waals surface area contributed by atoms with E-state index in [1.807, 2.05) is 0 Å². The number of amidine groups is 1. The Labute approximate surface area is 119 Å². The Morgan fingerprint density at radius 3 is 2.63 bits per heavy atom. The van der Waals surface area contributed by atoms with Crippen molar-refractivity contribution in [3.8, 4) is 0 Å². The molecule has 1 rings (SSSR count). The lowest BCUT2D eigenvalue weighted by molar-refractivity contribution is 0.189. The van der Waals surface area contributed by atoms with E-state index in [9.17, 15) is 0 Å². The van der Waals surface area contributed by atoms with Crippen LogP contribution in [0.4, 0.5) is 0 Å². The van der Waals surface area contributed by atoms with Gasteiger partial charge in [0.2, 0.25) is 0 Å². The highest BCUT2D eigenvalue weighted by Gasteiger charge is 2.22. The summed E-state index contributed by atoms with van der Waals surface area (Å²) in [4.78, 5) is 2.70. The van der Waals surface area contributed by atoms with Gasteiger partial charge in [-0.3, -0.25) is 5.41 Å². The van der Waals surface area contributed by atoms with Crippen molar-refractivity contribution < 1.29 is 0 Å². The number of nitrogens with zero attached hydrogens (tertiary/aromatic N) is 1. The standard InChI is InChI=1S/C16H33N3/c1-4-14-10-6-5-8-12-19(14)13-9-7-11-16(2,3)15(17)18/h14H,4-13H2,1-3H3,(H3,17,18). The molecule has 0 bridgehead atoms. The van der Waals surface area contributed by atoms with Gasteiger partial charge in [0, 0.05) is 11.5 Å². The molecule has 0 aromatic rings. The highest BCUT2D eigenvalue weighted by molar-refractivity contribution is 5.82. The van der Waals surface area contributed by atoms with Gasteiger partial charge in [-0.15, -0.1) is 0 Å². The zero-order valence-corrected chi connectivity index (χ0v) is 13.2. The van der Waals surface area contributed by atoms with Gasteiger partial charge in [0.1, 0.15) is 0 Å². The largest absolute Gasteiger partial charge is 0.387 e. The molecule has 0 spiro atoms. The van der Waals surface area contributed by atoms with Crippen molar-refractivity contribution in [1.82, 2.24) is 4.90 Å². The first kappa shape index (κ1) is 16.5. The van der Waals surface area contributed by atoms with E-state index in [-0.39, 0.29) is 5.41 Å². The molecule has 0 amide bonds. The average Bonchev–Trinajstić information content (AvgIpc) is 2.59. The maximum absolute atomic E-state index is 7.59. The molecular weight excluding hydrogens is 234 g/mol. The third kappa shape index (κ3) is 5.52. The number of unbranched alkanes of at least 4 members (excludes halogenated alkanes) is 1. The third-order valence-corrected chi connectivity index (χ3v) is 4.70. The van der Waals surface area contributed by atoms with Crippen molar-refractivity contribution in [3.05, 3.63) is 0 Å². The van der Waals surface area contributed by atoms with Crippen LogP contribution in [0.5, 0.6) is 0 Å². The van der Waals surface area contributed by atoms with Crippen molar-refractivity contribution in [2.24, 2.45) is 11.1 Å². The Bertz CT molecular complexity index is 273. The van der Waals surface area contributed by atoms with E-state index < -0.39 is 0 Å². The van der Waals surface area contributed by atoms with Crippen LogP contribution >= 0.6 is 0 Å². The highest BCUT2D eigenvalue weighted by Crippen LogP contribution is 2.24. The van der Waals surface area contributed by atoms with Gasteiger partial charge >= 0.3 is 0 Å². The fourth-order valence-corrected chi connectivity index (χ4v) is 3.01. The lowest BCUT2D eigenvalue weighted by Crippen LogP contribution is -2.35. The molecule has 19 heavy (non-hydrogen) atoms. The second-order valence-electron chi connectivity index (χ2n) is 6.70. The fraction of sp³-hybridized carbons (Fsp3) is 0.938. The monoisotopic (exact) mass is 267 g/mol. The summed E-state index contributed by atoms with van der Waals surface area (Å²) in [5.74, 6) is 0.328. The molecule has 1 saturated heterocycles. The molecule has 3 nitrogen and oxygen atoms in total. The summed E-state index contributed by atoms with van der Waals surface area (Å²) < 4.78 is 0. The van der Waals surface area contributed by atoms with Crippen LogP contribution in [0.25, 0.3) is 0 Å². The number of nitrogens with one attached hydrogen (secondary N) is 1. The molecule has 0 saturated carbocycles. The highest BCUT2D eigenvalue weighted by atomic mass is 15.1. The second kappa shape index (κ2) is 7.88. The molecular formula is C16H33N3. The minimum Gasteiger partial charge on any atom is -0.387 e. The van der Waals surface area contributed by atoms with Crippen molar-refractivity contribution in [2.45, 2.75) is 78.2 Å². The van der Waals surface area contributed by atoms with Crippen LogP contribution in [0.2, 0.25) is 0 Å². The topological polar surface area (TPSA) is 53.1 Å². The molecule has 1 aliphatic heterocycles. The predicted octanol–water partition coefficient (Wildman–Crippen LogP) is 3.77. The van der Waals surface area contributed by atoms with E-state index in [1.54, 1.807) is 0 Å². The molecule has 0 aromatic heterocycles. The molecule has 1 aliphatic rings. The fourth-order valence-electron chi connectivity index (χ4n) is 3.01. The van der Waals surface area contributed by atoms with Gasteiger partial charge in [-0.2, -0.15) is 0 Å². The van der Waals surface area contributed by atoms with Crippen LogP contribution in [-0.2, 0) is 0 Å². The Balaban J connectivity index is 2.29. The van der Waals surface area contributed by atoms with Gasteiger partial charge in [0.05, 0.1) is 5.84 Å². The minimum absolute atomic E-state index is 0.122. The minimum atomic E-state index is -0.122. The van der Waals surface area contributed by atoms with Crippen LogP contribution in [0, 0.1) is 10.8 Å². The first-order chi connectivity index (χ1) is 8.97. The maximum atomic E-state index is 7.59. The molecule has 0 radical (unpaired) electrons. The van der Waals surface area contributed by atoms with Gasteiger partial charge in [-0.25, -0.2) is 0 Å². The van der Waals surface area contributed by atoms with Gasteiger partial charge < -0.3 is 10.6 Å². The van der Waals surface area contributed by atoms with Crippen molar-refractivity contribution in [2.75, 3.05) is 13.1 Å². The summed E-state index contributed by atoms with van der Waals surface area (Å²) in [6.45, 7) is 9.00. The molecule has 1 atom stereocenters. The SMILES string of the molecule is CCC1CCCCCN1CCCCC(C)(C)C(=N)N. The molecule has 112 valence electrons. The Hall–Kier alpha value is -0.570. The lowest BCUT2D eigenvalue weighted by Gasteiger charge is -2.29. The molecule has 3 heteroatoms. The van der Waals surface area contributed by atoms with Crippen LogP contribution in [0.15, 0.2) is 0 Å². The summed E-state index contributed by atoms with van der Waals surface area (Å²) in [5.41, 5.74) is 5.51. The Morgan fingerprint density at radius 2 is 2.00 bits per heavy atom. The number of likely N-dealkylation sites (tertiary alicyclic amines) is 1. The Morgan fingerprint density at radius 1 is 1.26 bits per heavy atom. The summed E-state index contributed by atoms with van der Waals surface area (Å²) in [5, 5.41) is 7.59. The summed E-state index contributed by atoms with van der Waals surface area (Å²) in [6.07, 6.45) is 10.3. The van der Waals surface area contributed by atoms with Crippen LogP contribution in [-0.4, -0.2) is 29.9 Å². The predicted molar refractivity (Wildman–Crippen MR) is 83.7 cm³/mol. The summed E-state index contributed by atoms with van der Waals surface area (Å²) >= 11 is 0. The van der Waals surface area contributed by atoms with Crippen LogP contribution in [0.1, 0.15) is 72.1 Å². The quantitative estimate of drug-likeness (QED) is 0.419. The molecule has 1 heterocycles. The first-order valence-electron chi connectivity index (χ1n) is 8.06. The summed E-state index contributed by atoms with van der Waals surface area (Å²) in [7, 11) is 0. The normalized spacial score (nSPS) is 22.2. The van der Waals surface area contributed by atoms with Gasteiger partial charge in [-0.05, 0) is 45.2 Å². The third-order valence-electron chi connectivity index (χ3n) is 4.70. The first-order valence-corrected chi connectivity index (χ1v) is 8.06.